The molecule has 4 rings (SSSR count). The molecule has 2 aromatic heterocycles. The highest BCUT2D eigenvalue weighted by Gasteiger charge is 2.15. The number of nitrogens with one attached hydrogen (secondary N) is 1. The zero-order chi connectivity index (χ0) is 18.8. The average Bonchev–Trinajstić information content (AvgIpc) is 2.68. The van der Waals surface area contributed by atoms with Crippen molar-refractivity contribution in [3.63, 3.8) is 0 Å². The van der Waals surface area contributed by atoms with Gasteiger partial charge in [0.25, 0.3) is 0 Å². The molecule has 27 heavy (non-hydrogen) atoms. The van der Waals surface area contributed by atoms with Crippen LogP contribution in [0.2, 0.25) is 0 Å². The van der Waals surface area contributed by atoms with E-state index in [1.54, 1.807) is 19.3 Å². The third kappa shape index (κ3) is 3.46. The van der Waals surface area contributed by atoms with E-state index in [9.17, 15) is 8.78 Å². The van der Waals surface area contributed by atoms with Crippen LogP contribution in [0, 0.1) is 11.6 Å². The number of hydrogen-bond donors (Lipinski definition) is 1. The van der Waals surface area contributed by atoms with E-state index in [4.69, 9.17) is 0 Å². The van der Waals surface area contributed by atoms with Crippen molar-refractivity contribution in [2.75, 3.05) is 5.32 Å². The Morgan fingerprint density at radius 1 is 0.963 bits per heavy atom. The summed E-state index contributed by atoms with van der Waals surface area (Å²) in [6, 6.07) is 14.4. The highest BCUT2D eigenvalue weighted by Crippen LogP contribution is 2.28. The Labute approximate surface area is 154 Å². The summed E-state index contributed by atoms with van der Waals surface area (Å²) < 4.78 is 27.3. The van der Waals surface area contributed by atoms with Crippen LogP contribution in [-0.2, 0) is 0 Å². The first-order valence-electron chi connectivity index (χ1n) is 8.50. The van der Waals surface area contributed by atoms with Gasteiger partial charge in [-0.1, -0.05) is 18.2 Å². The highest BCUT2D eigenvalue weighted by atomic mass is 19.1. The fourth-order valence-electron chi connectivity index (χ4n) is 2.95. The second-order valence-corrected chi connectivity index (χ2v) is 6.19. The third-order valence-electron chi connectivity index (χ3n) is 4.31. The zero-order valence-electron chi connectivity index (χ0n) is 14.5. The maximum absolute atomic E-state index is 14.1. The SMILES string of the molecule is C[C@H](Nc1nc(-c2cccnc2)nc2ccccc12)c1ccc(F)cc1F. The molecular formula is C21H16F2N4. The van der Waals surface area contributed by atoms with Crippen molar-refractivity contribution in [3.05, 3.63) is 84.2 Å². The molecule has 0 bridgehead atoms. The molecule has 2 aromatic carbocycles. The number of para-hydroxylation sites is 1. The Kier molecular flexibility index (Phi) is 4.46. The Morgan fingerprint density at radius 2 is 1.81 bits per heavy atom. The van der Waals surface area contributed by atoms with Crippen LogP contribution >= 0.6 is 0 Å². The van der Waals surface area contributed by atoms with Crippen LogP contribution in [-0.4, -0.2) is 15.0 Å². The summed E-state index contributed by atoms with van der Waals surface area (Å²) in [5.41, 5.74) is 1.91. The molecule has 0 aliphatic carbocycles. The van der Waals surface area contributed by atoms with Gasteiger partial charge in [0.1, 0.15) is 17.5 Å². The van der Waals surface area contributed by atoms with Gasteiger partial charge < -0.3 is 5.32 Å². The number of anilines is 1. The minimum Gasteiger partial charge on any atom is -0.363 e. The largest absolute Gasteiger partial charge is 0.363 e. The number of nitrogens with zero attached hydrogens (tertiary/aromatic N) is 3. The molecule has 0 fully saturated rings. The van der Waals surface area contributed by atoms with Gasteiger partial charge in [-0.25, -0.2) is 18.7 Å². The first-order valence-corrected chi connectivity index (χ1v) is 8.50. The Morgan fingerprint density at radius 3 is 2.59 bits per heavy atom. The fourth-order valence-corrected chi connectivity index (χ4v) is 2.95. The smallest absolute Gasteiger partial charge is 0.163 e. The van der Waals surface area contributed by atoms with Crippen LogP contribution in [0.25, 0.3) is 22.3 Å². The van der Waals surface area contributed by atoms with E-state index in [2.05, 4.69) is 20.3 Å². The number of fused-ring (bicyclic) bond motifs is 1. The number of rotatable bonds is 4. The molecule has 0 spiro atoms. The minimum atomic E-state index is -0.602. The summed E-state index contributed by atoms with van der Waals surface area (Å²) >= 11 is 0. The molecule has 2 heterocycles. The molecule has 1 atom stereocenters. The van der Waals surface area contributed by atoms with Crippen molar-refractivity contribution in [1.29, 1.82) is 0 Å². The molecule has 0 saturated heterocycles. The van der Waals surface area contributed by atoms with Gasteiger partial charge in [0.2, 0.25) is 0 Å². The van der Waals surface area contributed by atoms with Gasteiger partial charge in [-0.2, -0.15) is 0 Å². The Hall–Kier alpha value is -3.41. The number of hydrogen-bond acceptors (Lipinski definition) is 4. The average molecular weight is 362 g/mol. The minimum absolute atomic E-state index is 0.363. The first kappa shape index (κ1) is 17.0. The van der Waals surface area contributed by atoms with Crippen LogP contribution in [0.5, 0.6) is 0 Å². The van der Waals surface area contributed by atoms with E-state index in [-0.39, 0.29) is 0 Å². The normalized spacial score (nSPS) is 12.1. The van der Waals surface area contributed by atoms with E-state index in [1.165, 1.54) is 12.1 Å². The lowest BCUT2D eigenvalue weighted by Crippen LogP contribution is -2.11. The lowest BCUT2D eigenvalue weighted by molar-refractivity contribution is 0.566. The van der Waals surface area contributed by atoms with Gasteiger partial charge in [0.05, 0.1) is 11.6 Å². The van der Waals surface area contributed by atoms with Crippen LogP contribution in [0.15, 0.2) is 67.0 Å². The van der Waals surface area contributed by atoms with Gasteiger partial charge in [-0.3, -0.25) is 4.98 Å². The van der Waals surface area contributed by atoms with Crippen LogP contribution in [0.4, 0.5) is 14.6 Å². The fraction of sp³-hybridized carbons (Fsp3) is 0.0952. The predicted molar refractivity (Wildman–Crippen MR) is 101 cm³/mol. The quantitative estimate of drug-likeness (QED) is 0.546. The van der Waals surface area contributed by atoms with E-state index >= 15 is 0 Å². The van der Waals surface area contributed by atoms with Crippen molar-refractivity contribution in [2.24, 2.45) is 0 Å². The monoisotopic (exact) mass is 362 g/mol. The molecule has 1 N–H and O–H groups in total. The second kappa shape index (κ2) is 7.07. The van der Waals surface area contributed by atoms with Gasteiger partial charge in [-0.15, -0.1) is 0 Å². The lowest BCUT2D eigenvalue weighted by atomic mass is 10.1. The first-order chi connectivity index (χ1) is 13.1. The lowest BCUT2D eigenvalue weighted by Gasteiger charge is -2.18. The van der Waals surface area contributed by atoms with Crippen LogP contribution in [0.1, 0.15) is 18.5 Å². The summed E-state index contributed by atoms with van der Waals surface area (Å²) in [4.78, 5) is 13.3. The van der Waals surface area contributed by atoms with Crippen molar-refractivity contribution in [3.8, 4) is 11.4 Å². The Balaban J connectivity index is 1.78. The summed E-state index contributed by atoms with van der Waals surface area (Å²) in [6.07, 6.45) is 3.38. The molecule has 134 valence electrons. The van der Waals surface area contributed by atoms with E-state index in [0.717, 1.165) is 22.5 Å². The summed E-state index contributed by atoms with van der Waals surface area (Å²) in [5, 5.41) is 4.06. The molecule has 4 nitrogen and oxygen atoms in total. The molecule has 0 aliphatic rings. The zero-order valence-corrected chi connectivity index (χ0v) is 14.5. The van der Waals surface area contributed by atoms with E-state index < -0.39 is 17.7 Å². The van der Waals surface area contributed by atoms with Crippen molar-refractivity contribution < 1.29 is 8.78 Å². The molecule has 6 heteroatoms. The summed E-state index contributed by atoms with van der Waals surface area (Å²) in [7, 11) is 0. The van der Waals surface area contributed by atoms with Gasteiger partial charge in [0.15, 0.2) is 5.82 Å². The van der Waals surface area contributed by atoms with Gasteiger partial charge >= 0.3 is 0 Å². The maximum Gasteiger partial charge on any atom is 0.163 e. The summed E-state index contributed by atoms with van der Waals surface area (Å²) in [6.45, 7) is 1.80. The number of pyridine rings is 1. The highest BCUT2D eigenvalue weighted by molar-refractivity contribution is 5.90. The van der Waals surface area contributed by atoms with Gasteiger partial charge in [-0.05, 0) is 37.3 Å². The van der Waals surface area contributed by atoms with Gasteiger partial charge in [0, 0.05) is 35.0 Å². The second-order valence-electron chi connectivity index (χ2n) is 6.19. The molecular weight excluding hydrogens is 346 g/mol. The maximum atomic E-state index is 14.1. The number of benzene rings is 2. The standard InChI is InChI=1S/C21H16F2N4/c1-13(16-9-8-15(22)11-18(16)23)25-21-17-6-2-3-7-19(17)26-20(27-21)14-5-4-10-24-12-14/h2-13H,1H3,(H,25,26,27)/t13-/m0/s1. The van der Waals surface area contributed by atoms with Crippen molar-refractivity contribution in [2.45, 2.75) is 13.0 Å². The molecule has 4 aromatic rings. The van der Waals surface area contributed by atoms with Crippen LogP contribution < -0.4 is 5.32 Å². The number of halogens is 2. The van der Waals surface area contributed by atoms with Crippen molar-refractivity contribution in [1.82, 2.24) is 15.0 Å². The predicted octanol–water partition coefficient (Wildman–Crippen LogP) is 5.14. The number of aromatic nitrogens is 3. The van der Waals surface area contributed by atoms with E-state index in [1.807, 2.05) is 36.4 Å². The Bertz CT molecular complexity index is 1100. The third-order valence-corrected chi connectivity index (χ3v) is 4.31. The molecule has 0 radical (unpaired) electrons. The summed E-state index contributed by atoms with van der Waals surface area (Å²) in [5.74, 6) is -0.0950. The van der Waals surface area contributed by atoms with Crippen LogP contribution in [0.3, 0.4) is 0 Å². The molecule has 0 amide bonds. The molecule has 0 aliphatic heterocycles. The molecule has 0 unspecified atom stereocenters. The van der Waals surface area contributed by atoms with E-state index in [0.29, 0.717) is 17.2 Å². The topological polar surface area (TPSA) is 50.7 Å². The molecule has 0 saturated carbocycles. The van der Waals surface area contributed by atoms with Crippen molar-refractivity contribution >= 4 is 16.7 Å².